The zero-order chi connectivity index (χ0) is 11.7. The number of aromatic nitrogens is 1. The van der Waals surface area contributed by atoms with Gasteiger partial charge in [-0.15, -0.1) is 0 Å². The average Bonchev–Trinajstić information content (AvgIpc) is 2.19. The van der Waals surface area contributed by atoms with Crippen LogP contribution in [-0.4, -0.2) is 27.8 Å². The van der Waals surface area contributed by atoms with E-state index in [2.05, 4.69) is 11.6 Å². The van der Waals surface area contributed by atoms with Gasteiger partial charge in [0.25, 0.3) is 0 Å². The first-order valence-corrected chi connectivity index (χ1v) is 4.26. The van der Waals surface area contributed by atoms with Gasteiger partial charge >= 0.3 is 5.97 Å². The van der Waals surface area contributed by atoms with Gasteiger partial charge in [0.1, 0.15) is 0 Å². The van der Waals surface area contributed by atoms with Crippen molar-refractivity contribution in [2.75, 3.05) is 12.3 Å². The molecule has 5 nitrogen and oxygen atoms in total. The van der Waals surface area contributed by atoms with Crippen LogP contribution < -0.4 is 5.73 Å². The molecular formula is C10H14N2O3. The predicted octanol–water partition coefficient (Wildman–Crippen LogP) is 0.456. The Morgan fingerprint density at radius 3 is 2.67 bits per heavy atom. The molecule has 0 aliphatic rings. The van der Waals surface area contributed by atoms with Gasteiger partial charge in [-0.05, 0) is 12.1 Å². The summed E-state index contributed by atoms with van der Waals surface area (Å²) < 4.78 is 0. The fraction of sp³-hybridized carbons (Fsp3) is 0.200. The molecule has 0 atom stereocenters. The van der Waals surface area contributed by atoms with E-state index in [0.29, 0.717) is 12.1 Å². The highest BCUT2D eigenvalue weighted by molar-refractivity contribution is 5.78. The Morgan fingerprint density at radius 1 is 1.67 bits per heavy atom. The van der Waals surface area contributed by atoms with Crippen molar-refractivity contribution < 1.29 is 15.0 Å². The smallest absolute Gasteiger partial charge is 0.327 e. The molecule has 1 heterocycles. The number of aliphatic hydroxyl groups excluding tert-OH is 1. The first-order chi connectivity index (χ1) is 7.10. The summed E-state index contributed by atoms with van der Waals surface area (Å²) in [5.41, 5.74) is 7.00. The number of hydrogen-bond acceptors (Lipinski definition) is 4. The molecule has 0 radical (unpaired) electrons. The number of nitrogens with zero attached hydrogens (tertiary/aromatic N) is 1. The third kappa shape index (κ3) is 7.21. The van der Waals surface area contributed by atoms with Crippen molar-refractivity contribution in [1.82, 2.24) is 4.98 Å². The van der Waals surface area contributed by atoms with Gasteiger partial charge in [0.2, 0.25) is 0 Å². The molecule has 5 heteroatoms. The topological polar surface area (TPSA) is 96.4 Å². The van der Waals surface area contributed by atoms with Crippen LogP contribution in [0.15, 0.2) is 31.0 Å². The largest absolute Gasteiger partial charge is 0.478 e. The summed E-state index contributed by atoms with van der Waals surface area (Å²) in [6.45, 7) is 3.08. The lowest BCUT2D eigenvalue weighted by Gasteiger charge is -1.96. The average molecular weight is 210 g/mol. The molecule has 1 rings (SSSR count). The highest BCUT2D eigenvalue weighted by Crippen LogP contribution is 2.02. The Hall–Kier alpha value is -1.88. The maximum absolute atomic E-state index is 9.25. The minimum atomic E-state index is -0.981. The van der Waals surface area contributed by atoms with Gasteiger partial charge in [-0.25, -0.2) is 4.79 Å². The molecule has 0 aromatic carbocycles. The first kappa shape index (κ1) is 13.1. The number of carbonyl (C=O) groups is 1. The summed E-state index contributed by atoms with van der Waals surface area (Å²) >= 11 is 0. The Bertz CT molecular complexity index is 326. The van der Waals surface area contributed by atoms with Crippen LogP contribution >= 0.6 is 0 Å². The molecule has 0 aliphatic carbocycles. The van der Waals surface area contributed by atoms with Gasteiger partial charge in [0.15, 0.2) is 0 Å². The summed E-state index contributed by atoms with van der Waals surface area (Å²) in [7, 11) is 0. The fourth-order valence-electron chi connectivity index (χ4n) is 0.748. The molecule has 0 aliphatic heterocycles. The zero-order valence-corrected chi connectivity index (χ0v) is 8.26. The van der Waals surface area contributed by atoms with Crippen molar-refractivity contribution in [2.24, 2.45) is 0 Å². The lowest BCUT2D eigenvalue weighted by molar-refractivity contribution is -0.131. The molecule has 0 fully saturated rings. The van der Waals surface area contributed by atoms with Crippen LogP contribution in [0, 0.1) is 0 Å². The molecule has 15 heavy (non-hydrogen) atoms. The number of rotatable bonds is 3. The summed E-state index contributed by atoms with van der Waals surface area (Å²) in [5.74, 6) is -0.981. The van der Waals surface area contributed by atoms with Crippen molar-refractivity contribution >= 4 is 11.7 Å². The number of aliphatic hydroxyl groups is 1. The van der Waals surface area contributed by atoms with E-state index >= 15 is 0 Å². The maximum atomic E-state index is 9.25. The minimum Gasteiger partial charge on any atom is -0.478 e. The zero-order valence-electron chi connectivity index (χ0n) is 8.26. The quantitative estimate of drug-likeness (QED) is 0.629. The molecule has 0 unspecified atom stereocenters. The van der Waals surface area contributed by atoms with Gasteiger partial charge < -0.3 is 15.9 Å². The fourth-order valence-corrected chi connectivity index (χ4v) is 0.748. The maximum Gasteiger partial charge on any atom is 0.327 e. The number of anilines is 1. The second kappa shape index (κ2) is 7.52. The van der Waals surface area contributed by atoms with E-state index in [-0.39, 0.29) is 6.61 Å². The normalized spacial score (nSPS) is 8.60. The lowest BCUT2D eigenvalue weighted by atomic mass is 10.2. The van der Waals surface area contributed by atoms with E-state index in [1.807, 2.05) is 0 Å². The third-order valence-electron chi connectivity index (χ3n) is 1.38. The summed E-state index contributed by atoms with van der Waals surface area (Å²) in [6.07, 6.45) is 3.05. The van der Waals surface area contributed by atoms with Gasteiger partial charge in [0, 0.05) is 36.7 Å². The third-order valence-corrected chi connectivity index (χ3v) is 1.38. The van der Waals surface area contributed by atoms with Crippen molar-refractivity contribution in [2.45, 2.75) is 6.42 Å². The van der Waals surface area contributed by atoms with Crippen molar-refractivity contribution in [3.05, 3.63) is 36.7 Å². The number of carboxylic acids is 1. The molecule has 1 aromatic heterocycles. The number of hydrogen-bond donors (Lipinski definition) is 3. The van der Waals surface area contributed by atoms with Crippen LogP contribution in [0.3, 0.4) is 0 Å². The van der Waals surface area contributed by atoms with Crippen molar-refractivity contribution in [3.8, 4) is 0 Å². The molecule has 0 amide bonds. The lowest BCUT2D eigenvalue weighted by Crippen LogP contribution is -1.95. The van der Waals surface area contributed by atoms with Gasteiger partial charge in [-0.2, -0.15) is 0 Å². The van der Waals surface area contributed by atoms with E-state index < -0.39 is 5.97 Å². The van der Waals surface area contributed by atoms with Crippen LogP contribution in [0.4, 0.5) is 5.69 Å². The molecule has 1 aromatic rings. The number of pyridine rings is 1. The minimum absolute atomic E-state index is 0.121. The second-order valence-corrected chi connectivity index (χ2v) is 2.60. The number of nitrogen functional groups attached to an aromatic ring is 1. The monoisotopic (exact) mass is 210 g/mol. The summed E-state index contributed by atoms with van der Waals surface area (Å²) in [4.78, 5) is 13.2. The standard InChI is InChI=1S/C7H10N2O.C3H4O2/c8-6-1-3-9-7(5-6)2-4-10;1-2-3(4)5/h1,3,5,10H,2,4H2,(H2,8,9);2H,1H2,(H,4,5). The SMILES string of the molecule is C=CC(=O)O.Nc1ccnc(CCO)c1. The molecule has 4 N–H and O–H groups in total. The van der Waals surface area contributed by atoms with E-state index in [1.165, 1.54) is 0 Å². The molecule has 0 bridgehead atoms. The van der Waals surface area contributed by atoms with Crippen molar-refractivity contribution in [3.63, 3.8) is 0 Å². The van der Waals surface area contributed by atoms with Crippen LogP contribution in [0.2, 0.25) is 0 Å². The molecule has 0 spiro atoms. The highest BCUT2D eigenvalue weighted by atomic mass is 16.4. The first-order valence-electron chi connectivity index (χ1n) is 4.26. The van der Waals surface area contributed by atoms with E-state index in [4.69, 9.17) is 15.9 Å². The Morgan fingerprint density at radius 2 is 2.27 bits per heavy atom. The molecular weight excluding hydrogens is 196 g/mol. The molecule has 82 valence electrons. The van der Waals surface area contributed by atoms with Crippen LogP contribution in [0.5, 0.6) is 0 Å². The molecule has 0 saturated heterocycles. The predicted molar refractivity (Wildman–Crippen MR) is 57.3 cm³/mol. The van der Waals surface area contributed by atoms with Gasteiger partial charge in [-0.1, -0.05) is 6.58 Å². The van der Waals surface area contributed by atoms with Crippen LogP contribution in [0.25, 0.3) is 0 Å². The van der Waals surface area contributed by atoms with E-state index in [0.717, 1.165) is 11.8 Å². The summed E-state index contributed by atoms with van der Waals surface area (Å²) in [6, 6.07) is 3.48. The Kier molecular flexibility index (Phi) is 6.57. The number of aliphatic carboxylic acids is 1. The number of nitrogens with two attached hydrogens (primary N) is 1. The van der Waals surface area contributed by atoms with Crippen LogP contribution in [-0.2, 0) is 11.2 Å². The van der Waals surface area contributed by atoms with Gasteiger partial charge in [0.05, 0.1) is 0 Å². The van der Waals surface area contributed by atoms with Gasteiger partial charge in [-0.3, -0.25) is 4.98 Å². The number of carboxylic acid groups (broad SMARTS) is 1. The van der Waals surface area contributed by atoms with E-state index in [1.54, 1.807) is 18.3 Å². The Labute approximate surface area is 87.9 Å². The summed E-state index contributed by atoms with van der Waals surface area (Å²) in [5, 5.41) is 16.1. The molecule has 0 saturated carbocycles. The highest BCUT2D eigenvalue weighted by Gasteiger charge is 1.91. The van der Waals surface area contributed by atoms with E-state index in [9.17, 15) is 4.79 Å². The van der Waals surface area contributed by atoms with Crippen molar-refractivity contribution in [1.29, 1.82) is 0 Å². The second-order valence-electron chi connectivity index (χ2n) is 2.60. The van der Waals surface area contributed by atoms with Crippen LogP contribution in [0.1, 0.15) is 5.69 Å². The Balaban J connectivity index is 0.000000336.